The van der Waals surface area contributed by atoms with Crippen LogP contribution in [-0.2, 0) is 11.2 Å². The Hall–Kier alpha value is -4.44. The molecule has 1 aliphatic rings. The average molecular weight is 485 g/mol. The second kappa shape index (κ2) is 11.3. The van der Waals surface area contributed by atoms with Gasteiger partial charge in [-0.2, -0.15) is 5.26 Å². The molecule has 2 N–H and O–H groups in total. The Bertz CT molecular complexity index is 1310. The maximum atomic E-state index is 12.4. The van der Waals surface area contributed by atoms with Crippen molar-refractivity contribution in [3.63, 3.8) is 0 Å². The molecule has 0 amide bonds. The van der Waals surface area contributed by atoms with Gasteiger partial charge in [0.05, 0.1) is 26.1 Å². The smallest absolute Gasteiger partial charge is 0.315 e. The lowest BCUT2D eigenvalue weighted by Crippen LogP contribution is -2.21. The number of methoxy groups -OCH3 is 1. The molecule has 0 fully saturated rings. The number of hydrogen-bond donors (Lipinski definition) is 1. The zero-order chi connectivity index (χ0) is 25.5. The van der Waals surface area contributed by atoms with Gasteiger partial charge in [-0.05, 0) is 35.7 Å². The van der Waals surface area contributed by atoms with Crippen LogP contribution >= 0.6 is 0 Å². The highest BCUT2D eigenvalue weighted by molar-refractivity contribution is 5.75. The summed E-state index contributed by atoms with van der Waals surface area (Å²) in [5.74, 6) is 1.09. The monoisotopic (exact) mass is 484 g/mol. The Balaban J connectivity index is 1.62. The average Bonchev–Trinajstić information content (AvgIpc) is 2.88. The topological polar surface area (TPSA) is 104 Å². The number of carbonyl (C=O) groups is 1. The Morgan fingerprint density at radius 2 is 1.89 bits per heavy atom. The largest absolute Gasteiger partial charge is 0.493 e. The van der Waals surface area contributed by atoms with Crippen molar-refractivity contribution in [3.05, 3.63) is 94.9 Å². The maximum absolute atomic E-state index is 12.4. The number of hydrogen-bond acceptors (Lipinski definition) is 7. The van der Waals surface area contributed by atoms with E-state index in [-0.39, 0.29) is 17.9 Å². The third kappa shape index (κ3) is 5.44. The predicted molar refractivity (Wildman–Crippen MR) is 135 cm³/mol. The van der Waals surface area contributed by atoms with Crippen LogP contribution in [-0.4, -0.2) is 19.7 Å². The second-order valence-corrected chi connectivity index (χ2v) is 8.37. The predicted octanol–water partition coefficient (Wildman–Crippen LogP) is 5.24. The minimum atomic E-state index is -0.480. The van der Waals surface area contributed by atoms with Crippen LogP contribution in [0.1, 0.15) is 42.4 Å². The molecule has 184 valence electrons. The molecule has 0 aromatic heterocycles. The molecule has 0 radical (unpaired) electrons. The normalized spacial score (nSPS) is 14.3. The number of nitrogens with two attached hydrogens (primary N) is 1. The van der Waals surface area contributed by atoms with Gasteiger partial charge in [0, 0.05) is 11.6 Å². The Kier molecular flexibility index (Phi) is 7.76. The van der Waals surface area contributed by atoms with Gasteiger partial charge in [-0.1, -0.05) is 55.8 Å². The molecule has 1 aliphatic heterocycles. The molecule has 1 unspecified atom stereocenters. The molecule has 1 heterocycles. The van der Waals surface area contributed by atoms with Crippen LogP contribution in [0.5, 0.6) is 23.0 Å². The molecule has 0 bridgehead atoms. The Morgan fingerprint density at radius 3 is 2.61 bits per heavy atom. The number of rotatable bonds is 9. The van der Waals surface area contributed by atoms with Crippen molar-refractivity contribution in [2.45, 2.75) is 32.1 Å². The zero-order valence-electron chi connectivity index (χ0n) is 20.3. The van der Waals surface area contributed by atoms with E-state index < -0.39 is 11.9 Å². The van der Waals surface area contributed by atoms with Gasteiger partial charge in [0.2, 0.25) is 5.88 Å². The maximum Gasteiger partial charge on any atom is 0.315 e. The summed E-state index contributed by atoms with van der Waals surface area (Å²) in [6.45, 7) is 2.69. The molecule has 7 nitrogen and oxygen atoms in total. The number of benzene rings is 3. The first kappa shape index (κ1) is 24.7. The van der Waals surface area contributed by atoms with E-state index in [0.717, 1.165) is 29.5 Å². The van der Waals surface area contributed by atoms with E-state index in [1.807, 2.05) is 48.5 Å². The molecule has 36 heavy (non-hydrogen) atoms. The van der Waals surface area contributed by atoms with Crippen LogP contribution in [0.25, 0.3) is 0 Å². The van der Waals surface area contributed by atoms with Gasteiger partial charge in [0.25, 0.3) is 0 Å². The number of ether oxygens (including phenoxy) is 4. The van der Waals surface area contributed by atoms with E-state index in [4.69, 9.17) is 24.7 Å². The zero-order valence-corrected chi connectivity index (χ0v) is 20.3. The minimum Gasteiger partial charge on any atom is -0.493 e. The van der Waals surface area contributed by atoms with Crippen molar-refractivity contribution >= 4 is 5.97 Å². The standard InChI is InChI=1S/C29H28N2O5/c1-3-4-14-34-24-13-10-20(16-26(24)33-2)28-22-12-11-21(17-25(22)36-29(31)23(28)18-30)35-27(32)15-19-8-6-5-7-9-19/h5-13,16-17,28H,3-4,14-15,31H2,1-2H3. The lowest BCUT2D eigenvalue weighted by Gasteiger charge is -2.27. The third-order valence-electron chi connectivity index (χ3n) is 5.89. The van der Waals surface area contributed by atoms with Crippen LogP contribution in [0.2, 0.25) is 0 Å². The first-order chi connectivity index (χ1) is 17.5. The first-order valence-corrected chi connectivity index (χ1v) is 11.8. The molecule has 7 heteroatoms. The molecule has 0 aliphatic carbocycles. The third-order valence-corrected chi connectivity index (χ3v) is 5.89. The van der Waals surface area contributed by atoms with Crippen LogP contribution in [0.15, 0.2) is 78.2 Å². The van der Waals surface area contributed by atoms with E-state index in [9.17, 15) is 10.1 Å². The molecular formula is C29H28N2O5. The Labute approximate surface area is 210 Å². The van der Waals surface area contributed by atoms with Gasteiger partial charge >= 0.3 is 5.97 Å². The fraction of sp³-hybridized carbons (Fsp3) is 0.241. The number of fused-ring (bicyclic) bond motifs is 1. The highest BCUT2D eigenvalue weighted by Gasteiger charge is 2.31. The van der Waals surface area contributed by atoms with Crippen molar-refractivity contribution in [1.82, 2.24) is 0 Å². The summed E-state index contributed by atoms with van der Waals surface area (Å²) in [6.07, 6.45) is 2.11. The molecule has 0 spiro atoms. The van der Waals surface area contributed by atoms with Crippen molar-refractivity contribution in [1.29, 1.82) is 5.26 Å². The highest BCUT2D eigenvalue weighted by atomic mass is 16.5. The van der Waals surface area contributed by atoms with Crippen molar-refractivity contribution < 1.29 is 23.7 Å². The van der Waals surface area contributed by atoms with Crippen LogP contribution in [0.4, 0.5) is 0 Å². The molecule has 3 aromatic rings. The molecule has 3 aromatic carbocycles. The fourth-order valence-electron chi connectivity index (χ4n) is 4.08. The van der Waals surface area contributed by atoms with Crippen molar-refractivity contribution in [2.24, 2.45) is 5.73 Å². The summed E-state index contributed by atoms with van der Waals surface area (Å²) in [5.41, 5.74) is 8.81. The summed E-state index contributed by atoms with van der Waals surface area (Å²) < 4.78 is 22.7. The molecular weight excluding hydrogens is 456 g/mol. The van der Waals surface area contributed by atoms with Gasteiger partial charge in [-0.15, -0.1) is 0 Å². The number of carbonyl (C=O) groups excluding carboxylic acids is 1. The second-order valence-electron chi connectivity index (χ2n) is 8.37. The minimum absolute atomic E-state index is 0.00463. The van der Waals surface area contributed by atoms with Gasteiger partial charge in [-0.25, -0.2) is 0 Å². The van der Waals surface area contributed by atoms with E-state index in [1.54, 1.807) is 25.3 Å². The van der Waals surface area contributed by atoms with Gasteiger partial charge in [-0.3, -0.25) is 4.79 Å². The van der Waals surface area contributed by atoms with Crippen molar-refractivity contribution in [2.75, 3.05) is 13.7 Å². The SMILES string of the molecule is CCCCOc1ccc(C2C(C#N)=C(N)Oc3cc(OC(=O)Cc4ccccc4)ccc32)cc1OC. The van der Waals surface area contributed by atoms with Crippen LogP contribution in [0.3, 0.4) is 0 Å². The molecule has 0 saturated carbocycles. The Morgan fingerprint density at radius 1 is 1.08 bits per heavy atom. The molecule has 4 rings (SSSR count). The number of nitriles is 1. The summed E-state index contributed by atoms with van der Waals surface area (Å²) in [7, 11) is 1.58. The molecule has 1 atom stereocenters. The van der Waals surface area contributed by atoms with Gasteiger partial charge < -0.3 is 24.7 Å². The lowest BCUT2D eigenvalue weighted by molar-refractivity contribution is -0.133. The number of unbranched alkanes of at least 4 members (excludes halogenated alkanes) is 1. The summed E-state index contributed by atoms with van der Waals surface area (Å²) in [4.78, 5) is 12.4. The van der Waals surface area contributed by atoms with Gasteiger partial charge in [0.15, 0.2) is 11.5 Å². The van der Waals surface area contributed by atoms with Crippen LogP contribution < -0.4 is 24.7 Å². The number of nitrogens with zero attached hydrogens (tertiary/aromatic N) is 1. The highest BCUT2D eigenvalue weighted by Crippen LogP contribution is 2.45. The quantitative estimate of drug-likeness (QED) is 0.252. The summed E-state index contributed by atoms with van der Waals surface area (Å²) in [6, 6.07) is 22.2. The van der Waals surface area contributed by atoms with E-state index in [0.29, 0.717) is 29.6 Å². The van der Waals surface area contributed by atoms with Gasteiger partial charge in [0.1, 0.15) is 23.1 Å². The lowest BCUT2D eigenvalue weighted by atomic mass is 9.83. The fourth-order valence-corrected chi connectivity index (χ4v) is 4.08. The number of esters is 1. The summed E-state index contributed by atoms with van der Waals surface area (Å²) >= 11 is 0. The van der Waals surface area contributed by atoms with E-state index in [1.165, 1.54) is 0 Å². The number of allylic oxidation sites excluding steroid dienone is 1. The first-order valence-electron chi connectivity index (χ1n) is 11.8. The molecule has 0 saturated heterocycles. The van der Waals surface area contributed by atoms with E-state index in [2.05, 4.69) is 13.0 Å². The summed E-state index contributed by atoms with van der Waals surface area (Å²) in [5, 5.41) is 9.86. The van der Waals surface area contributed by atoms with E-state index >= 15 is 0 Å². The van der Waals surface area contributed by atoms with Crippen molar-refractivity contribution in [3.8, 4) is 29.1 Å². The van der Waals surface area contributed by atoms with Crippen LogP contribution in [0, 0.1) is 11.3 Å².